The predicted molar refractivity (Wildman–Crippen MR) is 114 cm³/mol. The highest BCUT2D eigenvalue weighted by molar-refractivity contribution is 6.32. The fourth-order valence-corrected chi connectivity index (χ4v) is 2.96. The van der Waals surface area contributed by atoms with E-state index in [0.29, 0.717) is 11.8 Å². The molecular weight excluding hydrogens is 461 g/mol. The summed E-state index contributed by atoms with van der Waals surface area (Å²) in [5, 5.41) is 28.6. The van der Waals surface area contributed by atoms with Gasteiger partial charge in [0, 0.05) is 11.9 Å². The first-order valence-electron chi connectivity index (χ1n) is 9.07. The maximum atomic E-state index is 13.8. The Morgan fingerprint density at radius 1 is 1.24 bits per heavy atom. The summed E-state index contributed by atoms with van der Waals surface area (Å²) in [5.41, 5.74) is -1.79. The fraction of sp³-hybridized carbons (Fsp3) is 0.100. The molecule has 0 fully saturated rings. The summed E-state index contributed by atoms with van der Waals surface area (Å²) in [6.45, 7) is 1.50. The summed E-state index contributed by atoms with van der Waals surface area (Å²) >= 11 is 6.12. The molecule has 0 saturated carbocycles. The van der Waals surface area contributed by atoms with Crippen molar-refractivity contribution in [3.05, 3.63) is 70.3 Å². The van der Waals surface area contributed by atoms with E-state index in [-0.39, 0.29) is 27.8 Å². The van der Waals surface area contributed by atoms with Gasteiger partial charge in [0.05, 0.1) is 46.5 Å². The lowest BCUT2D eigenvalue weighted by Crippen LogP contribution is -2.27. The number of aryl methyl sites for hydroxylation is 1. The molecule has 0 aliphatic heterocycles. The third-order valence-electron chi connectivity index (χ3n) is 4.24. The lowest BCUT2D eigenvalue weighted by Gasteiger charge is -2.19. The first-order valence-corrected chi connectivity index (χ1v) is 9.45. The number of nitrogens with one attached hydrogen (secondary N) is 3. The molecule has 3 N–H and O–H groups in total. The summed E-state index contributed by atoms with van der Waals surface area (Å²) < 4.78 is 41.4. The van der Waals surface area contributed by atoms with Gasteiger partial charge in [-0.05, 0) is 36.8 Å². The van der Waals surface area contributed by atoms with E-state index in [2.05, 4.69) is 25.8 Å². The molecule has 0 saturated heterocycles. The van der Waals surface area contributed by atoms with Crippen LogP contribution in [0.2, 0.25) is 5.02 Å². The highest BCUT2D eigenvalue weighted by Gasteiger charge is 2.38. The van der Waals surface area contributed by atoms with Crippen LogP contribution in [0.4, 0.5) is 24.5 Å². The molecule has 0 spiro atoms. The molecular formula is C20H14ClF3N8O. The summed E-state index contributed by atoms with van der Waals surface area (Å²) in [6.07, 6.45) is -0.737. The second kappa shape index (κ2) is 9.49. The Labute approximate surface area is 190 Å². The maximum Gasteiger partial charge on any atom is 0.432 e. The van der Waals surface area contributed by atoms with Gasteiger partial charge in [-0.3, -0.25) is 4.79 Å². The Bertz CT molecular complexity index is 1280. The smallest absolute Gasteiger partial charge is 0.351 e. The van der Waals surface area contributed by atoms with E-state index in [1.807, 2.05) is 6.07 Å². The number of alkyl halides is 3. The van der Waals surface area contributed by atoms with E-state index in [1.165, 1.54) is 43.6 Å². The van der Waals surface area contributed by atoms with Gasteiger partial charge in [-0.15, -0.1) is 4.80 Å². The molecule has 2 heterocycles. The maximum absolute atomic E-state index is 13.8. The number of allylic oxidation sites excluding steroid dienone is 1. The lowest BCUT2D eigenvalue weighted by atomic mass is 10.1. The number of hydrogen-bond acceptors (Lipinski definition) is 7. The molecule has 0 unspecified atom stereocenters. The quantitative estimate of drug-likeness (QED) is 0.365. The Hall–Kier alpha value is -4.24. The summed E-state index contributed by atoms with van der Waals surface area (Å²) in [7, 11) is 0. The normalized spacial score (nSPS) is 11.9. The van der Waals surface area contributed by atoms with Crippen LogP contribution in [0.15, 0.2) is 54.1 Å². The van der Waals surface area contributed by atoms with Gasteiger partial charge in [-0.2, -0.15) is 28.6 Å². The van der Waals surface area contributed by atoms with E-state index < -0.39 is 23.4 Å². The Kier molecular flexibility index (Phi) is 6.74. The molecule has 0 aliphatic rings. The van der Waals surface area contributed by atoms with Crippen LogP contribution in [0.1, 0.15) is 11.1 Å². The van der Waals surface area contributed by atoms with Gasteiger partial charge in [-0.25, -0.2) is 4.98 Å². The van der Waals surface area contributed by atoms with Crippen molar-refractivity contribution in [2.75, 3.05) is 10.6 Å². The van der Waals surface area contributed by atoms with Crippen molar-refractivity contribution in [2.24, 2.45) is 0 Å². The number of nitriles is 1. The van der Waals surface area contributed by atoms with Crippen molar-refractivity contribution >= 4 is 35.1 Å². The van der Waals surface area contributed by atoms with E-state index in [4.69, 9.17) is 22.3 Å². The minimum atomic E-state index is -4.99. The monoisotopic (exact) mass is 474 g/mol. The fourth-order valence-electron chi connectivity index (χ4n) is 2.72. The minimum Gasteiger partial charge on any atom is -0.351 e. The second-order valence-corrected chi connectivity index (χ2v) is 6.91. The standard InChI is InChI=1S/C20H14ClF3N8O/c1-11-6-12(8-25)2-3-16(11)31-17(20(22,23)24)14(9-26)19(33)30-13-7-15(21)18(27-10-13)32-28-4-5-29-32/h2-7,9-10,26,31H,1H3,(H,30,33)/b17-14+,26-9?. The van der Waals surface area contributed by atoms with Crippen molar-refractivity contribution in [1.82, 2.24) is 20.0 Å². The molecule has 168 valence electrons. The molecule has 1 amide bonds. The van der Waals surface area contributed by atoms with E-state index in [9.17, 15) is 18.0 Å². The molecule has 3 rings (SSSR count). The van der Waals surface area contributed by atoms with Crippen LogP contribution in [0.3, 0.4) is 0 Å². The number of carbonyl (C=O) groups excluding carboxylic acids is 1. The molecule has 9 nitrogen and oxygen atoms in total. The molecule has 33 heavy (non-hydrogen) atoms. The Morgan fingerprint density at radius 3 is 2.48 bits per heavy atom. The van der Waals surface area contributed by atoms with Crippen LogP contribution >= 0.6 is 11.6 Å². The molecule has 1 aromatic carbocycles. The summed E-state index contributed by atoms with van der Waals surface area (Å²) in [6, 6.07) is 7.16. The van der Waals surface area contributed by atoms with Crippen LogP contribution in [0, 0.1) is 23.7 Å². The van der Waals surface area contributed by atoms with Gasteiger partial charge in [0.1, 0.15) is 5.70 Å². The third kappa shape index (κ3) is 5.34. The largest absolute Gasteiger partial charge is 0.432 e. The van der Waals surface area contributed by atoms with Gasteiger partial charge >= 0.3 is 6.18 Å². The van der Waals surface area contributed by atoms with Crippen molar-refractivity contribution in [3.8, 4) is 11.9 Å². The van der Waals surface area contributed by atoms with E-state index in [1.54, 1.807) is 0 Å². The number of amides is 1. The predicted octanol–water partition coefficient (Wildman–Crippen LogP) is 4.01. The zero-order valence-corrected chi connectivity index (χ0v) is 17.5. The third-order valence-corrected chi connectivity index (χ3v) is 4.52. The Morgan fingerprint density at radius 2 is 1.94 bits per heavy atom. The molecule has 0 aliphatic carbocycles. The van der Waals surface area contributed by atoms with Gasteiger partial charge in [0.2, 0.25) is 0 Å². The molecule has 2 aromatic heterocycles. The Balaban J connectivity index is 1.93. The average Bonchev–Trinajstić information content (AvgIpc) is 3.28. The van der Waals surface area contributed by atoms with Crippen LogP contribution in [-0.2, 0) is 4.79 Å². The highest BCUT2D eigenvalue weighted by atomic mass is 35.5. The number of carbonyl (C=O) groups is 1. The molecule has 0 bridgehead atoms. The SMILES string of the molecule is Cc1cc(C#N)ccc1N/C(=C(\C=N)C(=O)Nc1cnc(-n2nccn2)c(Cl)c1)C(F)(F)F. The number of aromatic nitrogens is 4. The number of pyridine rings is 1. The number of anilines is 2. The van der Waals surface area contributed by atoms with Gasteiger partial charge in [-0.1, -0.05) is 11.6 Å². The van der Waals surface area contributed by atoms with Crippen LogP contribution in [0.25, 0.3) is 5.82 Å². The van der Waals surface area contributed by atoms with Crippen molar-refractivity contribution in [2.45, 2.75) is 13.1 Å². The van der Waals surface area contributed by atoms with Crippen molar-refractivity contribution < 1.29 is 18.0 Å². The zero-order chi connectivity index (χ0) is 24.2. The topological polar surface area (TPSA) is 132 Å². The number of nitrogens with zero attached hydrogens (tertiary/aromatic N) is 5. The highest BCUT2D eigenvalue weighted by Crippen LogP contribution is 2.31. The number of rotatable bonds is 6. The first kappa shape index (κ1) is 23.4. The average molecular weight is 475 g/mol. The van der Waals surface area contributed by atoms with Gasteiger partial charge < -0.3 is 16.0 Å². The lowest BCUT2D eigenvalue weighted by molar-refractivity contribution is -0.114. The second-order valence-electron chi connectivity index (χ2n) is 6.50. The minimum absolute atomic E-state index is 0.00339. The molecule has 0 radical (unpaired) electrons. The van der Waals surface area contributed by atoms with Crippen molar-refractivity contribution in [3.63, 3.8) is 0 Å². The van der Waals surface area contributed by atoms with Gasteiger partial charge in [0.25, 0.3) is 5.91 Å². The van der Waals surface area contributed by atoms with Crippen LogP contribution in [0.5, 0.6) is 0 Å². The van der Waals surface area contributed by atoms with E-state index >= 15 is 0 Å². The number of hydrogen-bond donors (Lipinski definition) is 3. The number of benzene rings is 1. The van der Waals surface area contributed by atoms with Gasteiger partial charge in [0.15, 0.2) is 5.82 Å². The van der Waals surface area contributed by atoms with Crippen LogP contribution < -0.4 is 10.6 Å². The van der Waals surface area contributed by atoms with E-state index in [0.717, 1.165) is 11.0 Å². The molecule has 13 heteroatoms. The summed E-state index contributed by atoms with van der Waals surface area (Å²) in [4.78, 5) is 17.8. The van der Waals surface area contributed by atoms with Crippen LogP contribution in [-0.4, -0.2) is 38.3 Å². The number of halogens is 4. The van der Waals surface area contributed by atoms with Crippen molar-refractivity contribution in [1.29, 1.82) is 10.7 Å². The zero-order valence-electron chi connectivity index (χ0n) is 16.8. The summed E-state index contributed by atoms with van der Waals surface area (Å²) in [5.74, 6) is -1.06. The first-order chi connectivity index (χ1) is 15.6. The molecule has 0 atom stereocenters. The molecule has 3 aromatic rings.